The SMILES string of the molecule is O=C1CC(c2ncc(Cl)s2)C(c2ccc(Br)cc2)C(=O)N1. The summed E-state index contributed by atoms with van der Waals surface area (Å²) in [4.78, 5) is 28.2. The summed E-state index contributed by atoms with van der Waals surface area (Å²) in [5.74, 6) is -1.27. The zero-order valence-electron chi connectivity index (χ0n) is 10.7. The van der Waals surface area contributed by atoms with E-state index in [0.29, 0.717) is 4.34 Å². The van der Waals surface area contributed by atoms with Crippen molar-refractivity contribution < 1.29 is 9.59 Å². The minimum Gasteiger partial charge on any atom is -0.296 e. The third kappa shape index (κ3) is 3.02. The van der Waals surface area contributed by atoms with E-state index in [1.54, 1.807) is 6.20 Å². The first kappa shape index (κ1) is 14.7. The third-order valence-electron chi connectivity index (χ3n) is 3.39. The van der Waals surface area contributed by atoms with E-state index in [1.165, 1.54) is 11.3 Å². The lowest BCUT2D eigenvalue weighted by molar-refractivity contribution is -0.135. The van der Waals surface area contributed by atoms with Gasteiger partial charge in [-0.3, -0.25) is 14.9 Å². The number of piperidine rings is 1. The van der Waals surface area contributed by atoms with E-state index in [4.69, 9.17) is 11.6 Å². The minimum atomic E-state index is -0.432. The molecule has 1 N–H and O–H groups in total. The summed E-state index contributed by atoms with van der Waals surface area (Å²) >= 11 is 10.6. The smallest absolute Gasteiger partial charge is 0.234 e. The summed E-state index contributed by atoms with van der Waals surface area (Å²) in [6.07, 6.45) is 1.79. The van der Waals surface area contributed by atoms with Crippen molar-refractivity contribution in [3.8, 4) is 0 Å². The summed E-state index contributed by atoms with van der Waals surface area (Å²) in [5, 5.41) is 3.12. The highest BCUT2D eigenvalue weighted by Gasteiger charge is 2.39. The molecule has 108 valence electrons. The molecule has 0 aliphatic carbocycles. The second-order valence-corrected chi connectivity index (χ2v) is 7.36. The average Bonchev–Trinajstić information content (AvgIpc) is 2.86. The number of imide groups is 1. The molecule has 2 unspecified atom stereocenters. The number of nitrogens with zero attached hydrogens (tertiary/aromatic N) is 1. The third-order valence-corrected chi connectivity index (χ3v) is 5.17. The highest BCUT2D eigenvalue weighted by Crippen LogP contribution is 2.40. The Hall–Kier alpha value is -1.24. The van der Waals surface area contributed by atoms with Crippen LogP contribution in [0.25, 0.3) is 0 Å². The van der Waals surface area contributed by atoms with E-state index in [-0.39, 0.29) is 24.2 Å². The number of hydrogen-bond acceptors (Lipinski definition) is 4. The summed E-state index contributed by atoms with van der Waals surface area (Å²) in [5.41, 5.74) is 0.861. The maximum absolute atomic E-state index is 12.3. The topological polar surface area (TPSA) is 59.1 Å². The first-order valence-electron chi connectivity index (χ1n) is 6.25. The number of aromatic nitrogens is 1. The Bertz CT molecular complexity index is 701. The molecule has 2 aromatic rings. The summed E-state index contributed by atoms with van der Waals surface area (Å²) < 4.78 is 1.49. The Morgan fingerprint density at radius 2 is 2.00 bits per heavy atom. The fourth-order valence-electron chi connectivity index (χ4n) is 2.49. The Morgan fingerprint density at radius 3 is 2.62 bits per heavy atom. The Kier molecular flexibility index (Phi) is 4.10. The van der Waals surface area contributed by atoms with E-state index in [1.807, 2.05) is 24.3 Å². The maximum Gasteiger partial charge on any atom is 0.234 e. The lowest BCUT2D eigenvalue weighted by atomic mass is 9.81. The Morgan fingerprint density at radius 1 is 1.29 bits per heavy atom. The zero-order valence-corrected chi connectivity index (χ0v) is 13.8. The van der Waals surface area contributed by atoms with Crippen molar-refractivity contribution in [3.05, 3.63) is 49.8 Å². The van der Waals surface area contributed by atoms with Crippen LogP contribution in [0.4, 0.5) is 0 Å². The molecule has 0 radical (unpaired) electrons. The van der Waals surface area contributed by atoms with E-state index in [2.05, 4.69) is 26.2 Å². The fourth-order valence-corrected chi connectivity index (χ4v) is 3.82. The van der Waals surface area contributed by atoms with Crippen LogP contribution in [0.2, 0.25) is 4.34 Å². The standard InChI is InChI=1S/C14H10BrClN2O2S/c15-8-3-1-7(2-4-8)12-9(5-11(19)18-13(12)20)14-17-6-10(16)21-14/h1-4,6,9,12H,5H2,(H,18,19,20). The number of thiazole rings is 1. The molecule has 7 heteroatoms. The Balaban J connectivity index is 2.02. The van der Waals surface area contributed by atoms with E-state index >= 15 is 0 Å². The fraction of sp³-hybridized carbons (Fsp3) is 0.214. The van der Waals surface area contributed by atoms with Gasteiger partial charge in [0.1, 0.15) is 4.34 Å². The van der Waals surface area contributed by atoms with Crippen LogP contribution in [-0.4, -0.2) is 16.8 Å². The molecule has 1 aromatic heterocycles. The van der Waals surface area contributed by atoms with Crippen molar-refractivity contribution in [2.24, 2.45) is 0 Å². The highest BCUT2D eigenvalue weighted by atomic mass is 79.9. The normalized spacial score (nSPS) is 22.2. The number of rotatable bonds is 2. The quantitative estimate of drug-likeness (QED) is 0.805. The van der Waals surface area contributed by atoms with Crippen molar-refractivity contribution in [2.75, 3.05) is 0 Å². The number of amides is 2. The molecule has 2 heterocycles. The van der Waals surface area contributed by atoms with Crippen molar-refractivity contribution in [2.45, 2.75) is 18.3 Å². The lowest BCUT2D eigenvalue weighted by Gasteiger charge is -2.29. The molecule has 1 saturated heterocycles. The van der Waals surface area contributed by atoms with Gasteiger partial charge in [-0.2, -0.15) is 0 Å². The minimum absolute atomic E-state index is 0.232. The van der Waals surface area contributed by atoms with Gasteiger partial charge in [-0.05, 0) is 17.7 Å². The van der Waals surface area contributed by atoms with Crippen molar-refractivity contribution >= 4 is 50.7 Å². The van der Waals surface area contributed by atoms with Crippen molar-refractivity contribution in [1.82, 2.24) is 10.3 Å². The monoisotopic (exact) mass is 384 g/mol. The van der Waals surface area contributed by atoms with Gasteiger partial charge in [0, 0.05) is 16.8 Å². The maximum atomic E-state index is 12.3. The van der Waals surface area contributed by atoms with Crippen LogP contribution in [0, 0.1) is 0 Å². The molecule has 0 spiro atoms. The molecule has 1 fully saturated rings. The molecule has 1 aromatic carbocycles. The molecule has 1 aliphatic rings. The van der Waals surface area contributed by atoms with Gasteiger partial charge in [-0.1, -0.05) is 39.7 Å². The van der Waals surface area contributed by atoms with Gasteiger partial charge in [0.25, 0.3) is 0 Å². The molecule has 4 nitrogen and oxygen atoms in total. The lowest BCUT2D eigenvalue weighted by Crippen LogP contribution is -2.43. The largest absolute Gasteiger partial charge is 0.296 e. The molecule has 2 atom stereocenters. The molecule has 3 rings (SSSR count). The first-order chi connectivity index (χ1) is 10.0. The van der Waals surface area contributed by atoms with Gasteiger partial charge in [-0.15, -0.1) is 11.3 Å². The van der Waals surface area contributed by atoms with Crippen molar-refractivity contribution in [1.29, 1.82) is 0 Å². The number of nitrogens with one attached hydrogen (secondary N) is 1. The average molecular weight is 386 g/mol. The van der Waals surface area contributed by atoms with E-state index in [0.717, 1.165) is 15.0 Å². The van der Waals surface area contributed by atoms with Crippen LogP contribution < -0.4 is 5.32 Å². The molecule has 0 saturated carbocycles. The number of halogens is 2. The second kappa shape index (κ2) is 5.87. The van der Waals surface area contributed by atoms with Crippen LogP contribution in [0.3, 0.4) is 0 Å². The zero-order chi connectivity index (χ0) is 15.0. The number of carbonyl (C=O) groups excluding carboxylic acids is 2. The number of hydrogen-bond donors (Lipinski definition) is 1. The molecule has 0 bridgehead atoms. The van der Waals surface area contributed by atoms with Gasteiger partial charge < -0.3 is 0 Å². The van der Waals surface area contributed by atoms with Gasteiger partial charge in [-0.25, -0.2) is 4.98 Å². The number of carbonyl (C=O) groups is 2. The van der Waals surface area contributed by atoms with Crippen LogP contribution >= 0.6 is 38.9 Å². The molecule has 21 heavy (non-hydrogen) atoms. The molecule has 1 aliphatic heterocycles. The summed E-state index contributed by atoms with van der Waals surface area (Å²) in [7, 11) is 0. The van der Waals surface area contributed by atoms with Crippen LogP contribution in [0.1, 0.15) is 28.8 Å². The molecular formula is C14H10BrClN2O2S. The predicted octanol–water partition coefficient (Wildman–Crippen LogP) is 3.47. The molecular weight excluding hydrogens is 376 g/mol. The van der Waals surface area contributed by atoms with Gasteiger partial charge in [0.05, 0.1) is 17.1 Å². The predicted molar refractivity (Wildman–Crippen MR) is 84.5 cm³/mol. The van der Waals surface area contributed by atoms with E-state index < -0.39 is 5.92 Å². The van der Waals surface area contributed by atoms with Crippen LogP contribution in [0.5, 0.6) is 0 Å². The molecule has 2 amide bonds. The summed E-state index contributed by atoms with van der Waals surface area (Å²) in [6, 6.07) is 7.52. The van der Waals surface area contributed by atoms with Gasteiger partial charge in [0.2, 0.25) is 11.8 Å². The number of benzene rings is 1. The Labute approximate surface area is 138 Å². The van der Waals surface area contributed by atoms with Crippen LogP contribution in [-0.2, 0) is 9.59 Å². The van der Waals surface area contributed by atoms with Gasteiger partial charge >= 0.3 is 0 Å². The summed E-state index contributed by atoms with van der Waals surface area (Å²) in [6.45, 7) is 0. The van der Waals surface area contributed by atoms with Crippen LogP contribution in [0.15, 0.2) is 34.9 Å². The van der Waals surface area contributed by atoms with Crippen molar-refractivity contribution in [3.63, 3.8) is 0 Å². The highest BCUT2D eigenvalue weighted by molar-refractivity contribution is 9.10. The first-order valence-corrected chi connectivity index (χ1v) is 8.23. The second-order valence-electron chi connectivity index (χ2n) is 4.75. The van der Waals surface area contributed by atoms with E-state index in [9.17, 15) is 9.59 Å². The van der Waals surface area contributed by atoms with Gasteiger partial charge in [0.15, 0.2) is 0 Å².